The summed E-state index contributed by atoms with van der Waals surface area (Å²) < 4.78 is 5.49. The van der Waals surface area contributed by atoms with Crippen LogP contribution in [-0.2, 0) is 9.59 Å². The fraction of sp³-hybridized carbons (Fsp3) is 0.300. The Morgan fingerprint density at radius 1 is 1.15 bits per heavy atom. The summed E-state index contributed by atoms with van der Waals surface area (Å²) in [5.74, 6) is 0.505. The number of nitrogens with two attached hydrogens (primary N) is 1. The first-order valence-electron chi connectivity index (χ1n) is 8.74. The Balaban J connectivity index is 1.43. The van der Waals surface area contributed by atoms with Crippen LogP contribution in [0.5, 0.6) is 5.75 Å². The quantitative estimate of drug-likeness (QED) is 0.797. The number of nitrogens with one attached hydrogen (secondary N) is 1. The van der Waals surface area contributed by atoms with E-state index in [9.17, 15) is 9.59 Å². The number of nitrogens with zero attached hydrogens (tertiary/aromatic N) is 1. The van der Waals surface area contributed by atoms with Gasteiger partial charge in [0, 0.05) is 31.2 Å². The molecule has 0 aliphatic carbocycles. The maximum absolute atomic E-state index is 11.9. The third kappa shape index (κ3) is 4.61. The lowest BCUT2D eigenvalue weighted by Gasteiger charge is -2.16. The molecule has 2 amide bonds. The summed E-state index contributed by atoms with van der Waals surface area (Å²) in [5.41, 5.74) is 7.88. The van der Waals surface area contributed by atoms with Gasteiger partial charge >= 0.3 is 0 Å². The zero-order valence-electron chi connectivity index (χ0n) is 14.6. The zero-order valence-corrected chi connectivity index (χ0v) is 14.6. The zero-order chi connectivity index (χ0) is 18.4. The largest absolute Gasteiger partial charge is 0.484 e. The van der Waals surface area contributed by atoms with Crippen molar-refractivity contribution in [2.45, 2.75) is 18.9 Å². The third-order valence-electron chi connectivity index (χ3n) is 4.34. The van der Waals surface area contributed by atoms with Crippen molar-refractivity contribution < 1.29 is 14.3 Å². The molecule has 0 aromatic heterocycles. The summed E-state index contributed by atoms with van der Waals surface area (Å²) in [5, 5.41) is 2.77. The molecule has 136 valence electrons. The van der Waals surface area contributed by atoms with E-state index in [0.717, 1.165) is 24.2 Å². The van der Waals surface area contributed by atoms with Crippen molar-refractivity contribution in [3.8, 4) is 5.75 Å². The highest BCUT2D eigenvalue weighted by Gasteiger charge is 2.21. The molecule has 1 atom stereocenters. The number of amides is 2. The van der Waals surface area contributed by atoms with Crippen LogP contribution in [0.2, 0.25) is 0 Å². The molecular formula is C20H23N3O3. The van der Waals surface area contributed by atoms with Gasteiger partial charge in [-0.3, -0.25) is 9.59 Å². The first kappa shape index (κ1) is 17.9. The molecule has 6 nitrogen and oxygen atoms in total. The van der Waals surface area contributed by atoms with Gasteiger partial charge in [0.15, 0.2) is 6.61 Å². The predicted molar refractivity (Wildman–Crippen MR) is 99.9 cm³/mol. The fourth-order valence-electron chi connectivity index (χ4n) is 2.89. The summed E-state index contributed by atoms with van der Waals surface area (Å²) in [6, 6.07) is 16.6. The van der Waals surface area contributed by atoms with Crippen LogP contribution in [-0.4, -0.2) is 31.5 Å². The average molecular weight is 353 g/mol. The van der Waals surface area contributed by atoms with Crippen LogP contribution in [0, 0.1) is 0 Å². The second kappa shape index (κ2) is 8.49. The van der Waals surface area contributed by atoms with Crippen LogP contribution >= 0.6 is 0 Å². The molecule has 0 bridgehead atoms. The van der Waals surface area contributed by atoms with Crippen LogP contribution in [0.1, 0.15) is 24.4 Å². The normalized spacial score (nSPS) is 15.0. The van der Waals surface area contributed by atoms with E-state index in [1.807, 2.05) is 42.5 Å². The molecule has 6 heteroatoms. The van der Waals surface area contributed by atoms with Gasteiger partial charge in [-0.25, -0.2) is 0 Å². The summed E-state index contributed by atoms with van der Waals surface area (Å²) in [6.07, 6.45) is 1.49. The minimum Gasteiger partial charge on any atom is -0.484 e. The number of carbonyl (C=O) groups excluding carboxylic acids is 2. The molecule has 1 heterocycles. The maximum atomic E-state index is 11.9. The predicted octanol–water partition coefficient (Wildman–Crippen LogP) is 2.01. The van der Waals surface area contributed by atoms with Gasteiger partial charge in [0.1, 0.15) is 5.75 Å². The van der Waals surface area contributed by atoms with E-state index in [2.05, 4.69) is 5.32 Å². The topological polar surface area (TPSA) is 84.7 Å². The van der Waals surface area contributed by atoms with Crippen molar-refractivity contribution >= 4 is 17.5 Å². The Morgan fingerprint density at radius 2 is 1.88 bits per heavy atom. The van der Waals surface area contributed by atoms with Crippen LogP contribution in [0.3, 0.4) is 0 Å². The van der Waals surface area contributed by atoms with Gasteiger partial charge in [0.25, 0.3) is 5.91 Å². The highest BCUT2D eigenvalue weighted by atomic mass is 16.5. The highest BCUT2D eigenvalue weighted by Crippen LogP contribution is 2.23. The number of hydrogen-bond acceptors (Lipinski definition) is 4. The number of benzene rings is 2. The van der Waals surface area contributed by atoms with Crippen molar-refractivity contribution in [1.82, 2.24) is 5.32 Å². The smallest absolute Gasteiger partial charge is 0.258 e. The lowest BCUT2D eigenvalue weighted by molar-refractivity contribution is -0.123. The molecule has 3 N–H and O–H groups in total. The van der Waals surface area contributed by atoms with Crippen molar-refractivity contribution in [1.29, 1.82) is 0 Å². The Morgan fingerprint density at radius 3 is 2.54 bits per heavy atom. The summed E-state index contributed by atoms with van der Waals surface area (Å²) in [7, 11) is 0. The summed E-state index contributed by atoms with van der Waals surface area (Å²) in [4.78, 5) is 25.4. The average Bonchev–Trinajstić information content (AvgIpc) is 3.11. The van der Waals surface area contributed by atoms with Gasteiger partial charge < -0.3 is 20.7 Å². The Hall–Kier alpha value is -2.86. The lowest BCUT2D eigenvalue weighted by Crippen LogP contribution is -2.35. The number of rotatable bonds is 7. The standard InChI is InChI=1S/C20H23N3O3/c21-18(15-5-2-1-3-6-15)13-22-19(24)14-26-17-10-8-16(9-11-17)23-12-4-7-20(23)25/h1-3,5-6,8-11,18H,4,7,12-14,21H2,(H,22,24). The van der Waals surface area contributed by atoms with E-state index in [1.165, 1.54) is 0 Å². The molecule has 0 saturated carbocycles. The van der Waals surface area contributed by atoms with Gasteiger partial charge in [-0.1, -0.05) is 30.3 Å². The van der Waals surface area contributed by atoms with E-state index in [1.54, 1.807) is 17.0 Å². The summed E-state index contributed by atoms with van der Waals surface area (Å²) >= 11 is 0. The number of carbonyl (C=O) groups is 2. The van der Waals surface area contributed by atoms with E-state index < -0.39 is 0 Å². The van der Waals surface area contributed by atoms with Crippen LogP contribution in [0.25, 0.3) is 0 Å². The molecular weight excluding hydrogens is 330 g/mol. The first-order chi connectivity index (χ1) is 12.6. The molecule has 2 aromatic rings. The second-order valence-corrected chi connectivity index (χ2v) is 6.25. The second-order valence-electron chi connectivity index (χ2n) is 6.25. The van der Waals surface area contributed by atoms with Crippen molar-refractivity contribution in [2.75, 3.05) is 24.6 Å². The van der Waals surface area contributed by atoms with Gasteiger partial charge in [-0.2, -0.15) is 0 Å². The van der Waals surface area contributed by atoms with Crippen molar-refractivity contribution in [2.24, 2.45) is 5.73 Å². The highest BCUT2D eigenvalue weighted by molar-refractivity contribution is 5.95. The minimum absolute atomic E-state index is 0.0799. The molecule has 0 spiro atoms. The van der Waals surface area contributed by atoms with E-state index in [0.29, 0.717) is 18.7 Å². The van der Waals surface area contributed by atoms with E-state index in [4.69, 9.17) is 10.5 Å². The van der Waals surface area contributed by atoms with Gasteiger partial charge in [0.2, 0.25) is 5.91 Å². The molecule has 3 rings (SSSR count). The molecule has 2 aromatic carbocycles. The van der Waals surface area contributed by atoms with E-state index >= 15 is 0 Å². The Labute approximate surface area is 152 Å². The summed E-state index contributed by atoms with van der Waals surface area (Å²) in [6.45, 7) is 1.02. The minimum atomic E-state index is -0.252. The molecule has 1 fully saturated rings. The van der Waals surface area contributed by atoms with Crippen molar-refractivity contribution in [3.05, 3.63) is 60.2 Å². The molecule has 1 unspecified atom stereocenters. The number of ether oxygens (including phenoxy) is 1. The molecule has 1 aliphatic heterocycles. The van der Waals surface area contributed by atoms with Gasteiger partial charge in [0.05, 0.1) is 0 Å². The maximum Gasteiger partial charge on any atom is 0.258 e. The van der Waals surface area contributed by atoms with Crippen LogP contribution in [0.4, 0.5) is 5.69 Å². The third-order valence-corrected chi connectivity index (χ3v) is 4.34. The van der Waals surface area contributed by atoms with Crippen LogP contribution in [0.15, 0.2) is 54.6 Å². The molecule has 0 radical (unpaired) electrons. The number of anilines is 1. The molecule has 26 heavy (non-hydrogen) atoms. The molecule has 1 aliphatic rings. The van der Waals surface area contributed by atoms with Gasteiger partial charge in [-0.15, -0.1) is 0 Å². The Kier molecular flexibility index (Phi) is 5.86. The molecule has 1 saturated heterocycles. The van der Waals surface area contributed by atoms with Crippen molar-refractivity contribution in [3.63, 3.8) is 0 Å². The SMILES string of the molecule is NC(CNC(=O)COc1ccc(N2CCCC2=O)cc1)c1ccccc1. The monoisotopic (exact) mass is 353 g/mol. The van der Waals surface area contributed by atoms with E-state index in [-0.39, 0.29) is 24.5 Å². The first-order valence-corrected chi connectivity index (χ1v) is 8.74. The van der Waals surface area contributed by atoms with Crippen LogP contribution < -0.4 is 20.7 Å². The number of hydrogen-bond donors (Lipinski definition) is 2. The van der Waals surface area contributed by atoms with Gasteiger partial charge in [-0.05, 0) is 36.2 Å². The Bertz CT molecular complexity index is 747. The lowest BCUT2D eigenvalue weighted by atomic mass is 10.1. The fourth-order valence-corrected chi connectivity index (χ4v) is 2.89.